The average molecular weight is 395 g/mol. The highest BCUT2D eigenvalue weighted by Gasteiger charge is 2.05. The summed E-state index contributed by atoms with van der Waals surface area (Å²) in [5.41, 5.74) is 3.78. The molecule has 28 heavy (non-hydrogen) atoms. The van der Waals surface area contributed by atoms with Gasteiger partial charge in [0.05, 0.1) is 29.3 Å². The molecule has 142 valence electrons. The third kappa shape index (κ3) is 4.35. The van der Waals surface area contributed by atoms with Gasteiger partial charge in [-0.1, -0.05) is 6.07 Å². The molecule has 0 spiro atoms. The van der Waals surface area contributed by atoms with Gasteiger partial charge in [-0.15, -0.1) is 0 Å². The number of anilines is 5. The van der Waals surface area contributed by atoms with Crippen LogP contribution in [0, 0.1) is 0 Å². The molecule has 2 aromatic heterocycles. The number of hydrogen-bond donors (Lipinski definition) is 4. The number of H-pyrrole nitrogens is 1. The van der Waals surface area contributed by atoms with E-state index < -0.39 is 10.0 Å². The number of aromatic amines is 1. The van der Waals surface area contributed by atoms with Crippen molar-refractivity contribution in [3.05, 3.63) is 61.1 Å². The van der Waals surface area contributed by atoms with Crippen LogP contribution < -0.4 is 15.4 Å². The molecular weight excluding hydrogens is 378 g/mol. The first-order valence-corrected chi connectivity index (χ1v) is 10.2. The molecule has 0 radical (unpaired) electrons. The topological polar surface area (TPSA) is 125 Å². The second-order valence-corrected chi connectivity index (χ2v) is 7.85. The lowest BCUT2D eigenvalue weighted by Gasteiger charge is -2.10. The van der Waals surface area contributed by atoms with E-state index >= 15 is 0 Å². The molecule has 0 aliphatic heterocycles. The third-order valence-electron chi connectivity index (χ3n) is 3.77. The fourth-order valence-corrected chi connectivity index (χ4v) is 3.21. The zero-order chi connectivity index (χ0) is 19.6. The van der Waals surface area contributed by atoms with Crippen LogP contribution in [0.25, 0.3) is 11.0 Å². The molecule has 0 aliphatic carbocycles. The zero-order valence-corrected chi connectivity index (χ0v) is 15.7. The van der Waals surface area contributed by atoms with Gasteiger partial charge >= 0.3 is 0 Å². The van der Waals surface area contributed by atoms with Crippen molar-refractivity contribution >= 4 is 49.9 Å². The summed E-state index contributed by atoms with van der Waals surface area (Å²) in [7, 11) is -3.35. The van der Waals surface area contributed by atoms with Gasteiger partial charge in [-0.05, 0) is 42.5 Å². The van der Waals surface area contributed by atoms with E-state index in [1.807, 2.05) is 18.2 Å². The van der Waals surface area contributed by atoms with Gasteiger partial charge in [0.1, 0.15) is 5.82 Å². The number of aromatic nitrogens is 4. The molecule has 2 aromatic carbocycles. The first-order valence-electron chi connectivity index (χ1n) is 8.33. The van der Waals surface area contributed by atoms with Crippen LogP contribution in [0.2, 0.25) is 0 Å². The number of nitrogens with one attached hydrogen (secondary N) is 4. The SMILES string of the molecule is CS(=O)(=O)Nc1cccc(Nc2nccc(Nc3ccc4nc[nH]c4c3)n2)c1. The summed E-state index contributed by atoms with van der Waals surface area (Å²) in [4.78, 5) is 15.9. The van der Waals surface area contributed by atoms with Crippen molar-refractivity contribution in [3.8, 4) is 0 Å². The van der Waals surface area contributed by atoms with Crippen LogP contribution in [0.15, 0.2) is 61.1 Å². The van der Waals surface area contributed by atoms with Gasteiger partial charge in [0.15, 0.2) is 0 Å². The van der Waals surface area contributed by atoms with E-state index in [0.29, 0.717) is 23.1 Å². The second-order valence-electron chi connectivity index (χ2n) is 6.10. The molecule has 0 bridgehead atoms. The van der Waals surface area contributed by atoms with Crippen molar-refractivity contribution in [3.63, 3.8) is 0 Å². The van der Waals surface area contributed by atoms with Crippen LogP contribution in [0.4, 0.5) is 28.8 Å². The van der Waals surface area contributed by atoms with Crippen molar-refractivity contribution in [1.82, 2.24) is 19.9 Å². The summed E-state index contributed by atoms with van der Waals surface area (Å²) in [6.07, 6.45) is 4.38. The maximum atomic E-state index is 11.4. The molecule has 0 fully saturated rings. The molecule has 4 rings (SSSR count). The van der Waals surface area contributed by atoms with Crippen molar-refractivity contribution in [2.45, 2.75) is 0 Å². The normalized spacial score (nSPS) is 11.3. The van der Waals surface area contributed by atoms with Crippen molar-refractivity contribution < 1.29 is 8.42 Å². The fourth-order valence-electron chi connectivity index (χ4n) is 2.65. The van der Waals surface area contributed by atoms with Crippen LogP contribution in [0.5, 0.6) is 0 Å². The van der Waals surface area contributed by atoms with Crippen molar-refractivity contribution in [1.29, 1.82) is 0 Å². The van der Waals surface area contributed by atoms with Gasteiger partial charge in [-0.3, -0.25) is 4.72 Å². The van der Waals surface area contributed by atoms with Gasteiger partial charge in [-0.2, -0.15) is 4.98 Å². The lowest BCUT2D eigenvalue weighted by Crippen LogP contribution is -2.09. The Morgan fingerprint density at radius 1 is 0.929 bits per heavy atom. The van der Waals surface area contributed by atoms with E-state index in [2.05, 4.69) is 35.3 Å². The largest absolute Gasteiger partial charge is 0.345 e. The standard InChI is InChI=1S/C18H17N7O2S/c1-28(26,27)25-14-4-2-3-12(9-14)23-18-19-8-7-17(24-18)22-13-5-6-15-16(10-13)21-11-20-15/h2-11,25H,1H3,(H,20,21)(H2,19,22,23,24). The first-order chi connectivity index (χ1) is 13.4. The molecule has 0 amide bonds. The summed E-state index contributed by atoms with van der Waals surface area (Å²) in [6.45, 7) is 0. The molecule has 0 atom stereocenters. The molecule has 2 heterocycles. The molecule has 0 aliphatic rings. The Morgan fingerprint density at radius 3 is 2.61 bits per heavy atom. The lowest BCUT2D eigenvalue weighted by molar-refractivity contribution is 0.607. The molecule has 10 heteroatoms. The maximum Gasteiger partial charge on any atom is 0.229 e. The quantitative estimate of drug-likeness (QED) is 0.395. The van der Waals surface area contributed by atoms with Crippen LogP contribution in [0.1, 0.15) is 0 Å². The van der Waals surface area contributed by atoms with Gasteiger partial charge in [0.2, 0.25) is 16.0 Å². The number of nitrogens with zero attached hydrogens (tertiary/aromatic N) is 3. The Bertz CT molecular complexity index is 1240. The van der Waals surface area contributed by atoms with E-state index in [9.17, 15) is 8.42 Å². The zero-order valence-electron chi connectivity index (χ0n) is 14.8. The van der Waals surface area contributed by atoms with E-state index in [1.54, 1.807) is 42.9 Å². The minimum Gasteiger partial charge on any atom is -0.345 e. The van der Waals surface area contributed by atoms with Gasteiger partial charge < -0.3 is 15.6 Å². The summed E-state index contributed by atoms with van der Waals surface area (Å²) >= 11 is 0. The highest BCUT2D eigenvalue weighted by molar-refractivity contribution is 7.92. The Hall–Kier alpha value is -3.66. The van der Waals surface area contributed by atoms with Gasteiger partial charge in [-0.25, -0.2) is 18.4 Å². The minimum absolute atomic E-state index is 0.379. The summed E-state index contributed by atoms with van der Waals surface area (Å²) in [6, 6.07) is 14.4. The number of imidazole rings is 1. The monoisotopic (exact) mass is 395 g/mol. The molecule has 4 aromatic rings. The van der Waals surface area contributed by atoms with Crippen molar-refractivity contribution in [2.24, 2.45) is 0 Å². The predicted molar refractivity (Wildman–Crippen MR) is 110 cm³/mol. The van der Waals surface area contributed by atoms with Crippen LogP contribution in [0.3, 0.4) is 0 Å². The molecule has 4 N–H and O–H groups in total. The number of fused-ring (bicyclic) bond motifs is 1. The molecule has 0 saturated carbocycles. The van der Waals surface area contributed by atoms with Crippen LogP contribution in [-0.4, -0.2) is 34.6 Å². The molecule has 0 unspecified atom stereocenters. The summed E-state index contributed by atoms with van der Waals surface area (Å²) in [5, 5.41) is 6.29. The van der Waals surface area contributed by atoms with E-state index in [-0.39, 0.29) is 0 Å². The Morgan fingerprint density at radius 2 is 1.75 bits per heavy atom. The Labute approximate surface area is 161 Å². The minimum atomic E-state index is -3.35. The predicted octanol–water partition coefficient (Wildman–Crippen LogP) is 3.21. The Kier molecular flexibility index (Phi) is 4.53. The third-order valence-corrected chi connectivity index (χ3v) is 4.38. The number of benzene rings is 2. The van der Waals surface area contributed by atoms with E-state index in [1.165, 1.54) is 0 Å². The lowest BCUT2D eigenvalue weighted by atomic mass is 10.3. The van der Waals surface area contributed by atoms with Gasteiger partial charge in [0.25, 0.3) is 0 Å². The molecular formula is C18H17N7O2S. The smallest absolute Gasteiger partial charge is 0.229 e. The fraction of sp³-hybridized carbons (Fsp3) is 0.0556. The number of hydrogen-bond acceptors (Lipinski definition) is 7. The average Bonchev–Trinajstić information content (AvgIpc) is 3.09. The maximum absolute atomic E-state index is 11.4. The van der Waals surface area contributed by atoms with Gasteiger partial charge in [0, 0.05) is 17.6 Å². The first kappa shape index (κ1) is 17.7. The highest BCUT2D eigenvalue weighted by atomic mass is 32.2. The number of sulfonamides is 1. The second kappa shape index (κ2) is 7.16. The van der Waals surface area contributed by atoms with E-state index in [0.717, 1.165) is 23.0 Å². The van der Waals surface area contributed by atoms with E-state index in [4.69, 9.17) is 0 Å². The summed E-state index contributed by atoms with van der Waals surface area (Å²) in [5.74, 6) is 0.992. The Balaban J connectivity index is 1.51. The van der Waals surface area contributed by atoms with Crippen LogP contribution in [-0.2, 0) is 10.0 Å². The number of rotatable bonds is 6. The van der Waals surface area contributed by atoms with Crippen molar-refractivity contribution in [2.75, 3.05) is 21.6 Å². The summed E-state index contributed by atoms with van der Waals surface area (Å²) < 4.78 is 25.2. The molecule has 0 saturated heterocycles. The molecule has 9 nitrogen and oxygen atoms in total. The highest BCUT2D eigenvalue weighted by Crippen LogP contribution is 2.22. The van der Waals surface area contributed by atoms with Crippen LogP contribution >= 0.6 is 0 Å².